The predicted molar refractivity (Wildman–Crippen MR) is 82.4 cm³/mol. The molecule has 1 atom stereocenters. The molecule has 3 nitrogen and oxygen atoms in total. The van der Waals surface area contributed by atoms with E-state index in [1.165, 1.54) is 25.9 Å². The Morgan fingerprint density at radius 1 is 1.37 bits per heavy atom. The Labute approximate surface area is 119 Å². The van der Waals surface area contributed by atoms with Gasteiger partial charge in [0.2, 0.25) is 0 Å². The molecule has 0 saturated carbocycles. The van der Waals surface area contributed by atoms with Crippen LogP contribution in [0.25, 0.3) is 0 Å². The van der Waals surface area contributed by atoms with Crippen molar-refractivity contribution in [1.29, 1.82) is 0 Å². The Hall–Kier alpha value is -0.120. The number of aliphatic hydroxyl groups excluding tert-OH is 1. The van der Waals surface area contributed by atoms with Crippen molar-refractivity contribution >= 4 is 0 Å². The Morgan fingerprint density at radius 2 is 2.11 bits per heavy atom. The first-order valence-electron chi connectivity index (χ1n) is 8.00. The number of aliphatic hydroxyl groups is 1. The summed E-state index contributed by atoms with van der Waals surface area (Å²) >= 11 is 0. The highest BCUT2D eigenvalue weighted by Crippen LogP contribution is 2.26. The Balaban J connectivity index is 2.33. The zero-order valence-electron chi connectivity index (χ0n) is 13.4. The zero-order chi connectivity index (χ0) is 14.3. The Morgan fingerprint density at radius 3 is 2.74 bits per heavy atom. The first kappa shape index (κ1) is 16.9. The Kier molecular flexibility index (Phi) is 7.33. The van der Waals surface area contributed by atoms with Crippen LogP contribution in [-0.2, 0) is 0 Å². The molecule has 0 radical (unpaired) electrons. The van der Waals surface area contributed by atoms with Crippen LogP contribution >= 0.6 is 0 Å². The maximum absolute atomic E-state index is 8.99. The molecule has 1 rings (SSSR count). The average Bonchev–Trinajstić information content (AvgIpc) is 2.72. The van der Waals surface area contributed by atoms with E-state index in [1.807, 2.05) is 0 Å². The number of nitrogens with one attached hydrogen (secondary N) is 1. The van der Waals surface area contributed by atoms with Crippen LogP contribution in [0.4, 0.5) is 0 Å². The van der Waals surface area contributed by atoms with Crippen molar-refractivity contribution < 1.29 is 5.11 Å². The molecule has 0 bridgehead atoms. The third-order valence-electron chi connectivity index (χ3n) is 3.98. The van der Waals surface area contributed by atoms with Gasteiger partial charge in [-0.15, -0.1) is 0 Å². The van der Waals surface area contributed by atoms with Crippen molar-refractivity contribution in [2.24, 2.45) is 11.3 Å². The highest BCUT2D eigenvalue weighted by atomic mass is 16.2. The molecule has 0 aliphatic carbocycles. The van der Waals surface area contributed by atoms with E-state index >= 15 is 0 Å². The van der Waals surface area contributed by atoms with Crippen molar-refractivity contribution in [3.8, 4) is 0 Å². The van der Waals surface area contributed by atoms with Gasteiger partial charge in [-0.05, 0) is 50.1 Å². The van der Waals surface area contributed by atoms with Gasteiger partial charge in [-0.25, -0.2) is 0 Å². The smallest absolute Gasteiger partial charge is 0.0431 e. The summed E-state index contributed by atoms with van der Waals surface area (Å²) in [6.45, 7) is 14.2. The largest absolute Gasteiger partial charge is 0.396 e. The normalized spacial score (nSPS) is 21.5. The standard InChI is InChI=1S/C16H34N2O/c1-14(2)11-17-12-16(3,4)13-18-9-5-7-15(18)8-6-10-19/h14-15,17,19H,5-13H2,1-4H3. The second-order valence-corrected chi connectivity index (χ2v) is 7.32. The lowest BCUT2D eigenvalue weighted by Gasteiger charge is -2.34. The zero-order valence-corrected chi connectivity index (χ0v) is 13.4. The molecule has 1 aliphatic rings. The molecular formula is C16H34N2O. The minimum Gasteiger partial charge on any atom is -0.396 e. The van der Waals surface area contributed by atoms with Gasteiger partial charge in [0.25, 0.3) is 0 Å². The molecule has 1 aliphatic heterocycles. The van der Waals surface area contributed by atoms with Crippen LogP contribution in [0.1, 0.15) is 53.4 Å². The average molecular weight is 270 g/mol. The van der Waals surface area contributed by atoms with Crippen LogP contribution < -0.4 is 5.32 Å². The van der Waals surface area contributed by atoms with E-state index in [4.69, 9.17) is 5.11 Å². The number of hydrogen-bond acceptors (Lipinski definition) is 3. The molecule has 0 aromatic heterocycles. The summed E-state index contributed by atoms with van der Waals surface area (Å²) in [7, 11) is 0. The second-order valence-electron chi connectivity index (χ2n) is 7.32. The first-order valence-corrected chi connectivity index (χ1v) is 8.00. The van der Waals surface area contributed by atoms with Gasteiger partial charge in [-0.3, -0.25) is 4.90 Å². The van der Waals surface area contributed by atoms with Crippen molar-refractivity contribution in [2.75, 3.05) is 32.8 Å². The van der Waals surface area contributed by atoms with Gasteiger partial charge in [0.05, 0.1) is 0 Å². The number of rotatable bonds is 9. The van der Waals surface area contributed by atoms with Crippen molar-refractivity contribution in [3.05, 3.63) is 0 Å². The number of hydrogen-bond donors (Lipinski definition) is 2. The third kappa shape index (κ3) is 6.73. The number of nitrogens with zero attached hydrogens (tertiary/aromatic N) is 1. The van der Waals surface area contributed by atoms with E-state index in [2.05, 4.69) is 37.9 Å². The molecule has 1 fully saturated rings. The summed E-state index contributed by atoms with van der Waals surface area (Å²) < 4.78 is 0. The number of likely N-dealkylation sites (tertiary alicyclic amines) is 1. The summed E-state index contributed by atoms with van der Waals surface area (Å²) in [5.41, 5.74) is 0.330. The SMILES string of the molecule is CC(C)CNCC(C)(C)CN1CCCC1CCCO. The first-order chi connectivity index (χ1) is 8.94. The maximum Gasteiger partial charge on any atom is 0.0431 e. The monoisotopic (exact) mass is 270 g/mol. The van der Waals surface area contributed by atoms with Crippen LogP contribution in [-0.4, -0.2) is 48.8 Å². The van der Waals surface area contributed by atoms with Crippen molar-refractivity contribution in [1.82, 2.24) is 10.2 Å². The van der Waals surface area contributed by atoms with E-state index in [0.29, 0.717) is 18.1 Å². The molecule has 0 aromatic carbocycles. The predicted octanol–water partition coefficient (Wildman–Crippen LogP) is 2.50. The molecule has 0 aromatic rings. The topological polar surface area (TPSA) is 35.5 Å². The molecule has 19 heavy (non-hydrogen) atoms. The van der Waals surface area contributed by atoms with Crippen molar-refractivity contribution in [2.45, 2.75) is 59.4 Å². The fourth-order valence-corrected chi connectivity index (χ4v) is 3.06. The van der Waals surface area contributed by atoms with E-state index in [1.54, 1.807) is 0 Å². The summed E-state index contributed by atoms with van der Waals surface area (Å²) in [5, 5.41) is 12.6. The van der Waals surface area contributed by atoms with Crippen LogP contribution in [0, 0.1) is 11.3 Å². The molecule has 1 heterocycles. The van der Waals surface area contributed by atoms with Crippen LogP contribution in [0.3, 0.4) is 0 Å². The van der Waals surface area contributed by atoms with Crippen LogP contribution in [0.5, 0.6) is 0 Å². The van der Waals surface area contributed by atoms with Crippen LogP contribution in [0.2, 0.25) is 0 Å². The van der Waals surface area contributed by atoms with Gasteiger partial charge in [-0.1, -0.05) is 27.7 Å². The molecular weight excluding hydrogens is 236 g/mol. The molecule has 1 unspecified atom stereocenters. The molecule has 1 saturated heterocycles. The van der Waals surface area contributed by atoms with Gasteiger partial charge in [0, 0.05) is 25.7 Å². The molecule has 0 spiro atoms. The van der Waals surface area contributed by atoms with E-state index < -0.39 is 0 Å². The van der Waals surface area contributed by atoms with Gasteiger partial charge >= 0.3 is 0 Å². The molecule has 2 N–H and O–H groups in total. The summed E-state index contributed by atoms with van der Waals surface area (Å²) in [5.74, 6) is 0.722. The van der Waals surface area contributed by atoms with E-state index in [0.717, 1.165) is 31.8 Å². The Bertz CT molecular complexity index is 241. The quantitative estimate of drug-likeness (QED) is 0.676. The highest BCUT2D eigenvalue weighted by Gasteiger charge is 2.29. The van der Waals surface area contributed by atoms with E-state index in [-0.39, 0.29) is 0 Å². The minimum absolute atomic E-state index is 0.330. The van der Waals surface area contributed by atoms with Gasteiger partial charge in [0.15, 0.2) is 0 Å². The lowest BCUT2D eigenvalue weighted by atomic mass is 9.91. The van der Waals surface area contributed by atoms with E-state index in [9.17, 15) is 0 Å². The van der Waals surface area contributed by atoms with Gasteiger partial charge in [-0.2, -0.15) is 0 Å². The molecule has 0 amide bonds. The third-order valence-corrected chi connectivity index (χ3v) is 3.98. The molecule has 114 valence electrons. The van der Waals surface area contributed by atoms with Crippen molar-refractivity contribution in [3.63, 3.8) is 0 Å². The van der Waals surface area contributed by atoms with Gasteiger partial charge < -0.3 is 10.4 Å². The fraction of sp³-hybridized carbons (Fsp3) is 1.00. The maximum atomic E-state index is 8.99. The fourth-order valence-electron chi connectivity index (χ4n) is 3.06. The summed E-state index contributed by atoms with van der Waals surface area (Å²) in [6, 6.07) is 0.705. The lowest BCUT2D eigenvalue weighted by molar-refractivity contribution is 0.149. The minimum atomic E-state index is 0.330. The summed E-state index contributed by atoms with van der Waals surface area (Å²) in [4.78, 5) is 2.65. The summed E-state index contributed by atoms with van der Waals surface area (Å²) in [6.07, 6.45) is 4.75. The highest BCUT2D eigenvalue weighted by molar-refractivity contribution is 4.85. The lowest BCUT2D eigenvalue weighted by Crippen LogP contribution is -2.43. The second kappa shape index (κ2) is 8.23. The van der Waals surface area contributed by atoms with Crippen LogP contribution in [0.15, 0.2) is 0 Å². The molecule has 3 heteroatoms. The van der Waals surface area contributed by atoms with Gasteiger partial charge in [0.1, 0.15) is 0 Å².